The lowest BCUT2D eigenvalue weighted by Crippen LogP contribution is -2.58. The van der Waals surface area contributed by atoms with Gasteiger partial charge in [0.2, 0.25) is 0 Å². The van der Waals surface area contributed by atoms with Crippen LogP contribution in [0.2, 0.25) is 0 Å². The molecule has 1 aliphatic rings. The summed E-state index contributed by atoms with van der Waals surface area (Å²) in [5, 5.41) is 11.9. The Labute approximate surface area is 114 Å². The maximum absolute atomic E-state index is 12.2. The van der Waals surface area contributed by atoms with Crippen LogP contribution in [0.1, 0.15) is 33.6 Å². The molecule has 1 rings (SSSR count). The Morgan fingerprint density at radius 3 is 2.58 bits per heavy atom. The summed E-state index contributed by atoms with van der Waals surface area (Å²) in [6.45, 7) is 7.63. The SMILES string of the molecule is CCC(C)CN(CC)C(=O)NC1(C(=O)O)CCOC1. The van der Waals surface area contributed by atoms with Gasteiger partial charge >= 0.3 is 12.0 Å². The average molecular weight is 272 g/mol. The van der Waals surface area contributed by atoms with E-state index in [1.807, 2.05) is 6.92 Å². The monoisotopic (exact) mass is 272 g/mol. The first kappa shape index (κ1) is 15.8. The number of urea groups is 1. The van der Waals surface area contributed by atoms with Crippen molar-refractivity contribution in [2.24, 2.45) is 5.92 Å². The number of aliphatic carboxylic acids is 1. The fourth-order valence-electron chi connectivity index (χ4n) is 2.03. The van der Waals surface area contributed by atoms with Gasteiger partial charge in [0.25, 0.3) is 0 Å². The molecule has 1 aliphatic heterocycles. The number of hydrogen-bond acceptors (Lipinski definition) is 3. The van der Waals surface area contributed by atoms with Gasteiger partial charge in [0.15, 0.2) is 5.54 Å². The van der Waals surface area contributed by atoms with Gasteiger partial charge in [0, 0.05) is 26.1 Å². The van der Waals surface area contributed by atoms with Gasteiger partial charge < -0.3 is 20.1 Å². The highest BCUT2D eigenvalue weighted by atomic mass is 16.5. The third kappa shape index (κ3) is 3.83. The third-order valence-corrected chi connectivity index (χ3v) is 3.68. The maximum atomic E-state index is 12.2. The van der Waals surface area contributed by atoms with Crippen LogP contribution in [0.5, 0.6) is 0 Å². The minimum Gasteiger partial charge on any atom is -0.479 e. The first-order valence-electron chi connectivity index (χ1n) is 6.83. The van der Waals surface area contributed by atoms with Crippen LogP contribution in [0, 0.1) is 5.92 Å². The molecule has 0 aromatic rings. The summed E-state index contributed by atoms with van der Waals surface area (Å²) in [7, 11) is 0. The van der Waals surface area contributed by atoms with Crippen molar-refractivity contribution in [3.63, 3.8) is 0 Å². The fourth-order valence-corrected chi connectivity index (χ4v) is 2.03. The van der Waals surface area contributed by atoms with E-state index in [1.165, 1.54) is 0 Å². The molecule has 0 aromatic carbocycles. The quantitative estimate of drug-likeness (QED) is 0.764. The van der Waals surface area contributed by atoms with Crippen LogP contribution in [0.25, 0.3) is 0 Å². The van der Waals surface area contributed by atoms with Crippen molar-refractivity contribution in [2.45, 2.75) is 39.2 Å². The molecular formula is C13H24N2O4. The normalized spacial score (nSPS) is 23.9. The van der Waals surface area contributed by atoms with E-state index in [2.05, 4.69) is 19.2 Å². The molecule has 0 aromatic heterocycles. The van der Waals surface area contributed by atoms with Gasteiger partial charge in [-0.3, -0.25) is 0 Å². The number of rotatable bonds is 6. The summed E-state index contributed by atoms with van der Waals surface area (Å²) in [6, 6.07) is -0.323. The highest BCUT2D eigenvalue weighted by Crippen LogP contribution is 2.19. The summed E-state index contributed by atoms with van der Waals surface area (Å²) < 4.78 is 5.12. The van der Waals surface area contributed by atoms with Crippen molar-refractivity contribution in [3.05, 3.63) is 0 Å². The summed E-state index contributed by atoms with van der Waals surface area (Å²) in [4.78, 5) is 25.2. The van der Waals surface area contributed by atoms with E-state index in [-0.39, 0.29) is 12.6 Å². The number of carboxylic acid groups (broad SMARTS) is 1. The summed E-state index contributed by atoms with van der Waals surface area (Å²) in [6.07, 6.45) is 1.30. The van der Waals surface area contributed by atoms with Gasteiger partial charge in [-0.25, -0.2) is 9.59 Å². The van der Waals surface area contributed by atoms with Crippen molar-refractivity contribution in [3.8, 4) is 0 Å². The van der Waals surface area contributed by atoms with Gasteiger partial charge in [-0.05, 0) is 12.8 Å². The first-order valence-corrected chi connectivity index (χ1v) is 6.83. The number of ether oxygens (including phenoxy) is 1. The smallest absolute Gasteiger partial charge is 0.332 e. The summed E-state index contributed by atoms with van der Waals surface area (Å²) >= 11 is 0. The Morgan fingerprint density at radius 2 is 2.16 bits per heavy atom. The molecule has 110 valence electrons. The van der Waals surface area contributed by atoms with E-state index in [9.17, 15) is 14.7 Å². The number of nitrogens with one attached hydrogen (secondary N) is 1. The van der Waals surface area contributed by atoms with Crippen LogP contribution in [-0.4, -0.2) is 53.8 Å². The number of amides is 2. The van der Waals surface area contributed by atoms with Crippen LogP contribution >= 0.6 is 0 Å². The number of carboxylic acids is 1. The van der Waals surface area contributed by atoms with Crippen LogP contribution < -0.4 is 5.32 Å². The molecule has 1 heterocycles. The molecule has 0 radical (unpaired) electrons. The Hall–Kier alpha value is -1.30. The molecule has 2 unspecified atom stereocenters. The minimum absolute atomic E-state index is 0.0367. The van der Waals surface area contributed by atoms with Crippen LogP contribution in [0.15, 0.2) is 0 Å². The third-order valence-electron chi connectivity index (χ3n) is 3.68. The highest BCUT2D eigenvalue weighted by molar-refractivity contribution is 5.86. The Morgan fingerprint density at radius 1 is 1.47 bits per heavy atom. The minimum atomic E-state index is -1.26. The molecule has 6 nitrogen and oxygen atoms in total. The zero-order valence-electron chi connectivity index (χ0n) is 11.9. The van der Waals surface area contributed by atoms with Crippen molar-refractivity contribution < 1.29 is 19.4 Å². The van der Waals surface area contributed by atoms with Crippen LogP contribution in [0.4, 0.5) is 4.79 Å². The van der Waals surface area contributed by atoms with Gasteiger partial charge in [0.05, 0.1) is 6.61 Å². The predicted molar refractivity (Wildman–Crippen MR) is 71.0 cm³/mol. The van der Waals surface area contributed by atoms with Gasteiger partial charge in [0.1, 0.15) is 0 Å². The lowest BCUT2D eigenvalue weighted by molar-refractivity contribution is -0.144. The zero-order valence-corrected chi connectivity index (χ0v) is 11.9. The van der Waals surface area contributed by atoms with Crippen LogP contribution in [-0.2, 0) is 9.53 Å². The molecule has 2 atom stereocenters. The molecule has 6 heteroatoms. The zero-order chi connectivity index (χ0) is 14.5. The molecule has 2 N–H and O–H groups in total. The first-order chi connectivity index (χ1) is 8.95. The van der Waals surface area contributed by atoms with Crippen molar-refractivity contribution >= 4 is 12.0 Å². The standard InChI is InChI=1S/C13H24N2O4/c1-4-10(3)8-15(5-2)12(18)14-13(11(16)17)6-7-19-9-13/h10H,4-9H2,1-3H3,(H,14,18)(H,16,17). The second-order valence-corrected chi connectivity index (χ2v) is 5.17. The van der Waals surface area contributed by atoms with Crippen molar-refractivity contribution in [1.29, 1.82) is 0 Å². The average Bonchev–Trinajstić information content (AvgIpc) is 2.85. The summed E-state index contributed by atoms with van der Waals surface area (Å²) in [5.74, 6) is -0.635. The number of carbonyl (C=O) groups is 2. The van der Waals surface area contributed by atoms with E-state index in [0.29, 0.717) is 32.0 Å². The second kappa shape index (κ2) is 6.75. The van der Waals surface area contributed by atoms with E-state index in [4.69, 9.17) is 4.74 Å². The van der Waals surface area contributed by atoms with E-state index < -0.39 is 11.5 Å². The maximum Gasteiger partial charge on any atom is 0.332 e. The van der Waals surface area contributed by atoms with Gasteiger partial charge in [-0.2, -0.15) is 0 Å². The van der Waals surface area contributed by atoms with Crippen LogP contribution in [0.3, 0.4) is 0 Å². The molecule has 2 amide bonds. The lowest BCUT2D eigenvalue weighted by Gasteiger charge is -2.30. The Kier molecular flexibility index (Phi) is 5.60. The predicted octanol–water partition coefficient (Wildman–Crippen LogP) is 1.31. The molecule has 1 fully saturated rings. The second-order valence-electron chi connectivity index (χ2n) is 5.17. The molecule has 0 spiro atoms. The van der Waals surface area contributed by atoms with Crippen molar-refractivity contribution in [1.82, 2.24) is 10.2 Å². The van der Waals surface area contributed by atoms with Gasteiger partial charge in [-0.15, -0.1) is 0 Å². The topological polar surface area (TPSA) is 78.9 Å². The molecule has 0 aliphatic carbocycles. The van der Waals surface area contributed by atoms with Gasteiger partial charge in [-0.1, -0.05) is 20.3 Å². The van der Waals surface area contributed by atoms with E-state index in [1.54, 1.807) is 4.90 Å². The Balaban J connectivity index is 2.67. The molecule has 0 saturated carbocycles. The largest absolute Gasteiger partial charge is 0.479 e. The van der Waals surface area contributed by atoms with E-state index in [0.717, 1.165) is 6.42 Å². The summed E-state index contributed by atoms with van der Waals surface area (Å²) in [5.41, 5.74) is -1.26. The molecular weight excluding hydrogens is 248 g/mol. The molecule has 0 bridgehead atoms. The number of hydrogen-bond donors (Lipinski definition) is 2. The van der Waals surface area contributed by atoms with E-state index >= 15 is 0 Å². The lowest BCUT2D eigenvalue weighted by atomic mass is 9.99. The number of nitrogens with zero attached hydrogens (tertiary/aromatic N) is 1. The molecule has 1 saturated heterocycles. The fraction of sp³-hybridized carbons (Fsp3) is 0.846. The molecule has 19 heavy (non-hydrogen) atoms. The highest BCUT2D eigenvalue weighted by Gasteiger charge is 2.44. The Bertz CT molecular complexity index is 327. The number of carbonyl (C=O) groups excluding carboxylic acids is 1. The van der Waals surface area contributed by atoms with Crippen molar-refractivity contribution in [2.75, 3.05) is 26.3 Å².